The second kappa shape index (κ2) is 5.48. The largest absolute Gasteiger partial charge is 0.480 e. The molecule has 3 rings (SSSR count). The SMILES string of the molecule is CN1C2CCC1CC(NC(=O)c1ccnn1CC(=O)O)C2. The molecule has 1 aromatic heterocycles. The molecule has 2 unspecified atom stereocenters. The summed E-state index contributed by atoms with van der Waals surface area (Å²) in [6.07, 6.45) is 5.78. The highest BCUT2D eigenvalue weighted by atomic mass is 16.4. The van der Waals surface area contributed by atoms with E-state index < -0.39 is 5.97 Å². The number of nitrogens with one attached hydrogen (secondary N) is 1. The Labute approximate surface area is 122 Å². The maximum absolute atomic E-state index is 12.3. The van der Waals surface area contributed by atoms with Gasteiger partial charge in [0.1, 0.15) is 12.2 Å². The van der Waals surface area contributed by atoms with E-state index in [1.54, 1.807) is 6.07 Å². The quantitative estimate of drug-likeness (QED) is 0.834. The lowest BCUT2D eigenvalue weighted by Gasteiger charge is -2.36. The number of carbonyl (C=O) groups is 2. The number of aliphatic carboxylic acids is 1. The number of hydrogen-bond donors (Lipinski definition) is 2. The van der Waals surface area contributed by atoms with E-state index in [0.717, 1.165) is 12.8 Å². The highest BCUT2D eigenvalue weighted by molar-refractivity contribution is 5.93. The maximum Gasteiger partial charge on any atom is 0.325 e. The molecule has 3 heterocycles. The molecule has 2 atom stereocenters. The van der Waals surface area contributed by atoms with Crippen LogP contribution in [0.15, 0.2) is 12.3 Å². The van der Waals surface area contributed by atoms with Gasteiger partial charge in [-0.2, -0.15) is 5.10 Å². The smallest absolute Gasteiger partial charge is 0.325 e. The lowest BCUT2D eigenvalue weighted by Crippen LogP contribution is -2.49. The van der Waals surface area contributed by atoms with E-state index in [2.05, 4.69) is 22.4 Å². The molecular weight excluding hydrogens is 272 g/mol. The molecule has 0 radical (unpaired) electrons. The molecule has 2 saturated heterocycles. The van der Waals surface area contributed by atoms with Gasteiger partial charge in [0, 0.05) is 24.3 Å². The summed E-state index contributed by atoms with van der Waals surface area (Å²) in [6, 6.07) is 2.83. The fourth-order valence-corrected chi connectivity index (χ4v) is 3.57. The number of nitrogens with zero attached hydrogens (tertiary/aromatic N) is 3. The summed E-state index contributed by atoms with van der Waals surface area (Å²) < 4.78 is 1.22. The number of carbonyl (C=O) groups excluding carboxylic acids is 1. The highest BCUT2D eigenvalue weighted by Gasteiger charge is 2.39. The molecule has 7 nitrogen and oxygen atoms in total. The van der Waals surface area contributed by atoms with Crippen LogP contribution in [0.2, 0.25) is 0 Å². The Bertz CT molecular complexity index is 542. The van der Waals surface area contributed by atoms with Gasteiger partial charge < -0.3 is 15.3 Å². The van der Waals surface area contributed by atoms with Crippen LogP contribution >= 0.6 is 0 Å². The van der Waals surface area contributed by atoms with E-state index in [0.29, 0.717) is 17.8 Å². The number of amides is 1. The van der Waals surface area contributed by atoms with Gasteiger partial charge in [0.2, 0.25) is 0 Å². The Morgan fingerprint density at radius 1 is 1.38 bits per heavy atom. The zero-order chi connectivity index (χ0) is 15.0. The summed E-state index contributed by atoms with van der Waals surface area (Å²) >= 11 is 0. The number of carboxylic acid groups (broad SMARTS) is 1. The molecule has 0 aliphatic carbocycles. The van der Waals surface area contributed by atoms with Crippen molar-refractivity contribution in [1.82, 2.24) is 20.0 Å². The number of fused-ring (bicyclic) bond motifs is 2. The van der Waals surface area contributed by atoms with Gasteiger partial charge in [0.05, 0.1) is 0 Å². The molecule has 1 aromatic rings. The average Bonchev–Trinajstić information content (AvgIpc) is 2.92. The number of hydrogen-bond acceptors (Lipinski definition) is 4. The standard InChI is InChI=1S/C14H20N4O3/c1-17-10-2-3-11(17)7-9(6-10)16-14(21)12-4-5-15-18(12)8-13(19)20/h4-5,9-11H,2-3,6-8H2,1H3,(H,16,21)(H,19,20). The third-order valence-electron chi connectivity index (χ3n) is 4.67. The number of piperidine rings is 1. The Kier molecular flexibility index (Phi) is 3.67. The molecule has 0 aromatic carbocycles. The van der Waals surface area contributed by atoms with Crippen molar-refractivity contribution in [3.05, 3.63) is 18.0 Å². The van der Waals surface area contributed by atoms with Gasteiger partial charge in [0.15, 0.2) is 0 Å². The highest BCUT2D eigenvalue weighted by Crippen LogP contribution is 2.34. The first kappa shape index (κ1) is 14.1. The normalized spacial score (nSPS) is 28.5. The summed E-state index contributed by atoms with van der Waals surface area (Å²) in [4.78, 5) is 25.5. The summed E-state index contributed by atoms with van der Waals surface area (Å²) in [6.45, 7) is -0.297. The summed E-state index contributed by atoms with van der Waals surface area (Å²) in [5, 5.41) is 15.8. The van der Waals surface area contributed by atoms with Gasteiger partial charge in [-0.3, -0.25) is 9.59 Å². The van der Waals surface area contributed by atoms with Crippen molar-refractivity contribution in [2.24, 2.45) is 0 Å². The summed E-state index contributed by atoms with van der Waals surface area (Å²) in [5.41, 5.74) is 0.309. The molecule has 2 aliphatic rings. The van der Waals surface area contributed by atoms with Crippen LogP contribution in [0.5, 0.6) is 0 Å². The predicted molar refractivity (Wildman–Crippen MR) is 74.9 cm³/mol. The van der Waals surface area contributed by atoms with Gasteiger partial charge >= 0.3 is 5.97 Å². The van der Waals surface area contributed by atoms with Gasteiger partial charge in [0.25, 0.3) is 5.91 Å². The van der Waals surface area contributed by atoms with Crippen molar-refractivity contribution in [1.29, 1.82) is 0 Å². The van der Waals surface area contributed by atoms with E-state index in [1.165, 1.54) is 23.7 Å². The topological polar surface area (TPSA) is 87.5 Å². The minimum Gasteiger partial charge on any atom is -0.480 e. The summed E-state index contributed by atoms with van der Waals surface area (Å²) in [5.74, 6) is -1.24. The van der Waals surface area contributed by atoms with Crippen molar-refractivity contribution >= 4 is 11.9 Å². The fraction of sp³-hybridized carbons (Fsp3) is 0.643. The van der Waals surface area contributed by atoms with E-state index in [-0.39, 0.29) is 18.5 Å². The first-order chi connectivity index (χ1) is 10.0. The lowest BCUT2D eigenvalue weighted by atomic mass is 9.98. The first-order valence-electron chi connectivity index (χ1n) is 7.31. The Morgan fingerprint density at radius 3 is 2.67 bits per heavy atom. The molecule has 0 saturated carbocycles. The second-order valence-corrected chi connectivity index (χ2v) is 5.96. The minimum atomic E-state index is -1.01. The van der Waals surface area contributed by atoms with Gasteiger partial charge in [-0.05, 0) is 38.8 Å². The van der Waals surface area contributed by atoms with Crippen LogP contribution < -0.4 is 5.32 Å². The Balaban J connectivity index is 1.65. The van der Waals surface area contributed by atoms with Crippen molar-refractivity contribution in [3.8, 4) is 0 Å². The van der Waals surface area contributed by atoms with Crippen molar-refractivity contribution in [2.75, 3.05) is 7.05 Å². The second-order valence-electron chi connectivity index (χ2n) is 5.96. The molecule has 1 amide bonds. The monoisotopic (exact) mass is 292 g/mol. The molecule has 0 spiro atoms. The molecule has 114 valence electrons. The van der Waals surface area contributed by atoms with Crippen LogP contribution in [-0.2, 0) is 11.3 Å². The Morgan fingerprint density at radius 2 is 2.05 bits per heavy atom. The number of carboxylic acids is 1. The van der Waals surface area contributed by atoms with Crippen LogP contribution in [0.3, 0.4) is 0 Å². The predicted octanol–water partition coefficient (Wildman–Crippen LogP) is 0.323. The van der Waals surface area contributed by atoms with E-state index in [1.807, 2.05) is 0 Å². The van der Waals surface area contributed by atoms with Gasteiger partial charge in [-0.1, -0.05) is 0 Å². The molecule has 7 heteroatoms. The van der Waals surface area contributed by atoms with E-state index >= 15 is 0 Å². The van der Waals surface area contributed by atoms with E-state index in [9.17, 15) is 9.59 Å². The van der Waals surface area contributed by atoms with Crippen LogP contribution in [0.4, 0.5) is 0 Å². The molecule has 2 bridgehead atoms. The molecule has 2 N–H and O–H groups in total. The number of rotatable bonds is 4. The van der Waals surface area contributed by atoms with Crippen molar-refractivity contribution in [3.63, 3.8) is 0 Å². The Hall–Kier alpha value is -1.89. The zero-order valence-corrected chi connectivity index (χ0v) is 12.0. The minimum absolute atomic E-state index is 0.166. The van der Waals surface area contributed by atoms with Crippen molar-refractivity contribution < 1.29 is 14.7 Å². The molecule has 2 aliphatic heterocycles. The third kappa shape index (κ3) is 2.78. The van der Waals surface area contributed by atoms with Crippen LogP contribution in [0, 0.1) is 0 Å². The zero-order valence-electron chi connectivity index (χ0n) is 12.0. The third-order valence-corrected chi connectivity index (χ3v) is 4.67. The van der Waals surface area contributed by atoms with E-state index in [4.69, 9.17) is 5.11 Å². The van der Waals surface area contributed by atoms with Crippen LogP contribution in [0.1, 0.15) is 36.2 Å². The molecule has 2 fully saturated rings. The van der Waals surface area contributed by atoms with Crippen molar-refractivity contribution in [2.45, 2.75) is 50.4 Å². The fourth-order valence-electron chi connectivity index (χ4n) is 3.57. The van der Waals surface area contributed by atoms with Crippen LogP contribution in [0.25, 0.3) is 0 Å². The van der Waals surface area contributed by atoms with Crippen LogP contribution in [-0.4, -0.2) is 56.8 Å². The molecule has 21 heavy (non-hydrogen) atoms. The average molecular weight is 292 g/mol. The summed E-state index contributed by atoms with van der Waals surface area (Å²) in [7, 11) is 2.16. The first-order valence-corrected chi connectivity index (χ1v) is 7.31. The molecular formula is C14H20N4O3. The number of aromatic nitrogens is 2. The van der Waals surface area contributed by atoms with Gasteiger partial charge in [-0.15, -0.1) is 0 Å². The lowest BCUT2D eigenvalue weighted by molar-refractivity contribution is -0.137. The van der Waals surface area contributed by atoms with Gasteiger partial charge in [-0.25, -0.2) is 4.68 Å². The maximum atomic E-state index is 12.3.